The summed E-state index contributed by atoms with van der Waals surface area (Å²) in [4.78, 5) is 14.4. The maximum absolute atomic E-state index is 12.6. The first-order valence-corrected chi connectivity index (χ1v) is 9.05. The molecule has 0 aromatic rings. The molecule has 0 spiro atoms. The van der Waals surface area contributed by atoms with Crippen molar-refractivity contribution in [3.8, 4) is 0 Å². The third-order valence-corrected chi connectivity index (χ3v) is 3.58. The molecule has 0 fully saturated rings. The standard InChI is InChI=1S/C20H39NO2/c1-10-11-12-16(2)13-14-21(17(3)15-19(4,5)6)18(22)23-20(7,8)9/h15-16H,10-14H2,1-9H3/b17-15+/t16-/m1/s1. The number of unbranched alkanes of at least 4 members (excludes halogenated alkanes) is 1. The molecule has 0 bridgehead atoms. The summed E-state index contributed by atoms with van der Waals surface area (Å²) >= 11 is 0. The fourth-order valence-electron chi connectivity index (χ4n) is 2.48. The van der Waals surface area contributed by atoms with Crippen LogP contribution in [0.4, 0.5) is 4.79 Å². The Kier molecular flexibility index (Phi) is 8.94. The summed E-state index contributed by atoms with van der Waals surface area (Å²) in [7, 11) is 0. The molecule has 0 aliphatic heterocycles. The molecule has 1 atom stereocenters. The maximum Gasteiger partial charge on any atom is 0.414 e. The van der Waals surface area contributed by atoms with Crippen molar-refractivity contribution in [2.45, 2.75) is 93.6 Å². The number of amides is 1. The van der Waals surface area contributed by atoms with Crippen LogP contribution in [0, 0.1) is 11.3 Å². The van der Waals surface area contributed by atoms with Gasteiger partial charge in [-0.15, -0.1) is 0 Å². The van der Waals surface area contributed by atoms with Gasteiger partial charge in [0.25, 0.3) is 0 Å². The molecular formula is C20H39NO2. The Balaban J connectivity index is 5.01. The lowest BCUT2D eigenvalue weighted by Gasteiger charge is -2.30. The summed E-state index contributed by atoms with van der Waals surface area (Å²) in [5.74, 6) is 0.627. The van der Waals surface area contributed by atoms with E-state index in [-0.39, 0.29) is 11.5 Å². The van der Waals surface area contributed by atoms with Crippen molar-refractivity contribution >= 4 is 6.09 Å². The molecule has 0 aromatic heterocycles. The Morgan fingerprint density at radius 3 is 2.13 bits per heavy atom. The van der Waals surface area contributed by atoms with Crippen LogP contribution in [-0.4, -0.2) is 23.1 Å². The molecule has 0 saturated heterocycles. The second kappa shape index (κ2) is 9.34. The van der Waals surface area contributed by atoms with Gasteiger partial charge in [0.2, 0.25) is 0 Å². The Morgan fingerprint density at radius 1 is 1.13 bits per heavy atom. The molecule has 136 valence electrons. The summed E-state index contributed by atoms with van der Waals surface area (Å²) in [6.45, 7) is 19.4. The average Bonchev–Trinajstić information content (AvgIpc) is 2.32. The predicted molar refractivity (Wildman–Crippen MR) is 99.5 cm³/mol. The average molecular weight is 326 g/mol. The van der Waals surface area contributed by atoms with E-state index in [4.69, 9.17) is 4.74 Å². The SMILES string of the molecule is CCCC[C@@H](C)CCN(C(=O)OC(C)(C)C)/C(C)=C/C(C)(C)C. The summed E-state index contributed by atoms with van der Waals surface area (Å²) in [6.07, 6.45) is 6.62. The molecule has 0 aliphatic carbocycles. The van der Waals surface area contributed by atoms with Crippen LogP contribution in [0.3, 0.4) is 0 Å². The third kappa shape index (κ3) is 11.2. The second-order valence-electron chi connectivity index (χ2n) is 8.82. The molecule has 0 heterocycles. The Morgan fingerprint density at radius 2 is 1.70 bits per heavy atom. The van der Waals surface area contributed by atoms with Gasteiger partial charge in [0.15, 0.2) is 0 Å². The monoisotopic (exact) mass is 325 g/mol. The van der Waals surface area contributed by atoms with E-state index in [2.05, 4.69) is 40.7 Å². The van der Waals surface area contributed by atoms with Gasteiger partial charge in [-0.25, -0.2) is 4.79 Å². The van der Waals surface area contributed by atoms with Gasteiger partial charge in [0.05, 0.1) is 0 Å². The van der Waals surface area contributed by atoms with Crippen LogP contribution >= 0.6 is 0 Å². The van der Waals surface area contributed by atoms with Crippen molar-refractivity contribution in [2.75, 3.05) is 6.54 Å². The van der Waals surface area contributed by atoms with Gasteiger partial charge >= 0.3 is 6.09 Å². The summed E-state index contributed by atoms with van der Waals surface area (Å²) in [6, 6.07) is 0. The lowest BCUT2D eigenvalue weighted by Crippen LogP contribution is -2.37. The zero-order valence-corrected chi connectivity index (χ0v) is 17.0. The number of ether oxygens (including phenoxy) is 1. The van der Waals surface area contributed by atoms with Gasteiger partial charge in [-0.1, -0.05) is 60.0 Å². The molecule has 0 unspecified atom stereocenters. The first-order chi connectivity index (χ1) is 10.4. The van der Waals surface area contributed by atoms with Crippen molar-refractivity contribution in [3.63, 3.8) is 0 Å². The Labute approximate surface area is 144 Å². The Hall–Kier alpha value is -0.990. The molecule has 0 aromatic carbocycles. The van der Waals surface area contributed by atoms with Gasteiger partial charge in [-0.05, 0) is 45.4 Å². The molecule has 3 nitrogen and oxygen atoms in total. The molecule has 3 heteroatoms. The van der Waals surface area contributed by atoms with Gasteiger partial charge in [0, 0.05) is 12.2 Å². The number of carbonyl (C=O) groups is 1. The smallest absolute Gasteiger partial charge is 0.414 e. The Bertz CT molecular complexity index is 385. The molecule has 0 radical (unpaired) electrons. The highest BCUT2D eigenvalue weighted by molar-refractivity contribution is 5.70. The van der Waals surface area contributed by atoms with E-state index >= 15 is 0 Å². The molecule has 0 aliphatic rings. The summed E-state index contributed by atoms with van der Waals surface area (Å²) in [5.41, 5.74) is 0.554. The van der Waals surface area contributed by atoms with E-state index in [1.165, 1.54) is 19.3 Å². The zero-order valence-electron chi connectivity index (χ0n) is 17.0. The van der Waals surface area contributed by atoms with Gasteiger partial charge in [-0.2, -0.15) is 0 Å². The van der Waals surface area contributed by atoms with E-state index < -0.39 is 5.60 Å². The fraction of sp³-hybridized carbons (Fsp3) is 0.850. The van der Waals surface area contributed by atoms with Gasteiger partial charge < -0.3 is 4.74 Å². The van der Waals surface area contributed by atoms with E-state index in [0.29, 0.717) is 5.92 Å². The highest BCUT2D eigenvalue weighted by Crippen LogP contribution is 2.22. The van der Waals surface area contributed by atoms with Crippen LogP contribution in [-0.2, 0) is 4.74 Å². The number of nitrogens with zero attached hydrogens (tertiary/aromatic N) is 1. The molecule has 0 saturated carbocycles. The molecule has 0 N–H and O–H groups in total. The van der Waals surface area contributed by atoms with Crippen molar-refractivity contribution in [3.05, 3.63) is 11.8 Å². The van der Waals surface area contributed by atoms with E-state index in [1.54, 1.807) is 4.90 Å². The first-order valence-electron chi connectivity index (χ1n) is 9.05. The fourth-order valence-corrected chi connectivity index (χ4v) is 2.48. The first kappa shape index (κ1) is 22.0. The number of carbonyl (C=O) groups excluding carboxylic acids is 1. The lowest BCUT2D eigenvalue weighted by atomic mass is 9.95. The summed E-state index contributed by atoms with van der Waals surface area (Å²) < 4.78 is 5.60. The highest BCUT2D eigenvalue weighted by atomic mass is 16.6. The minimum atomic E-state index is -0.467. The third-order valence-electron chi connectivity index (χ3n) is 3.58. The predicted octanol–water partition coefficient (Wildman–Crippen LogP) is 6.39. The van der Waals surface area contributed by atoms with Crippen LogP contribution in [0.1, 0.15) is 88.0 Å². The molecule has 23 heavy (non-hydrogen) atoms. The quantitative estimate of drug-likeness (QED) is 0.542. The number of rotatable bonds is 7. The second-order valence-corrected chi connectivity index (χ2v) is 8.82. The van der Waals surface area contributed by atoms with Gasteiger partial charge in [0.1, 0.15) is 5.60 Å². The van der Waals surface area contributed by atoms with Crippen LogP contribution in [0.5, 0.6) is 0 Å². The van der Waals surface area contributed by atoms with Crippen molar-refractivity contribution in [1.82, 2.24) is 4.90 Å². The number of hydrogen-bond donors (Lipinski definition) is 0. The highest BCUT2D eigenvalue weighted by Gasteiger charge is 2.24. The summed E-state index contributed by atoms with van der Waals surface area (Å²) in [5, 5.41) is 0. The van der Waals surface area contributed by atoms with Crippen molar-refractivity contribution in [2.24, 2.45) is 11.3 Å². The minimum absolute atomic E-state index is 0.0399. The zero-order chi connectivity index (χ0) is 18.3. The molecular weight excluding hydrogens is 286 g/mol. The lowest BCUT2D eigenvalue weighted by molar-refractivity contribution is 0.0304. The van der Waals surface area contributed by atoms with Crippen LogP contribution in [0.2, 0.25) is 0 Å². The minimum Gasteiger partial charge on any atom is -0.443 e. The molecule has 1 amide bonds. The van der Waals surface area contributed by atoms with Gasteiger partial charge in [-0.3, -0.25) is 4.90 Å². The maximum atomic E-state index is 12.6. The van der Waals surface area contributed by atoms with E-state index in [1.807, 2.05) is 27.7 Å². The van der Waals surface area contributed by atoms with E-state index in [0.717, 1.165) is 18.7 Å². The van der Waals surface area contributed by atoms with Crippen LogP contribution < -0.4 is 0 Å². The normalized spacial score (nSPS) is 14.6. The largest absolute Gasteiger partial charge is 0.443 e. The van der Waals surface area contributed by atoms with Crippen LogP contribution in [0.15, 0.2) is 11.8 Å². The number of allylic oxidation sites excluding steroid dienone is 2. The topological polar surface area (TPSA) is 29.5 Å². The molecule has 0 rings (SSSR count). The van der Waals surface area contributed by atoms with Crippen molar-refractivity contribution in [1.29, 1.82) is 0 Å². The van der Waals surface area contributed by atoms with E-state index in [9.17, 15) is 4.79 Å². The van der Waals surface area contributed by atoms with Crippen LogP contribution in [0.25, 0.3) is 0 Å². The van der Waals surface area contributed by atoms with Crippen molar-refractivity contribution < 1.29 is 9.53 Å². The number of hydrogen-bond acceptors (Lipinski definition) is 2.